The van der Waals surface area contributed by atoms with Crippen LogP contribution in [0, 0.1) is 11.8 Å². The lowest BCUT2D eigenvalue weighted by Gasteiger charge is -2.46. The molecule has 3 aliphatic rings. The Morgan fingerprint density at radius 3 is 2.70 bits per heavy atom. The van der Waals surface area contributed by atoms with Crippen molar-refractivity contribution in [2.75, 3.05) is 26.3 Å². The van der Waals surface area contributed by atoms with Crippen molar-refractivity contribution in [1.82, 2.24) is 4.90 Å². The van der Waals surface area contributed by atoms with Gasteiger partial charge in [0, 0.05) is 37.9 Å². The van der Waals surface area contributed by atoms with E-state index >= 15 is 0 Å². The monoisotopic (exact) mass is 281 g/mol. The fraction of sp³-hybridized carbons (Fsp3) is 0.867. The molecule has 0 aromatic carbocycles. The lowest BCUT2D eigenvalue weighted by atomic mass is 9.67. The van der Waals surface area contributed by atoms with E-state index in [4.69, 9.17) is 9.47 Å². The third-order valence-corrected chi connectivity index (χ3v) is 4.95. The highest BCUT2D eigenvalue weighted by atomic mass is 16.5. The van der Waals surface area contributed by atoms with Crippen LogP contribution < -0.4 is 0 Å². The summed E-state index contributed by atoms with van der Waals surface area (Å²) in [4.78, 5) is 26.1. The van der Waals surface area contributed by atoms with E-state index in [-0.39, 0.29) is 23.9 Å². The highest BCUT2D eigenvalue weighted by Gasteiger charge is 2.46. The molecular weight excluding hydrogens is 258 g/mol. The highest BCUT2D eigenvalue weighted by molar-refractivity contribution is 5.86. The minimum absolute atomic E-state index is 0.0462. The predicted octanol–water partition coefficient (Wildman–Crippen LogP) is 1.01. The van der Waals surface area contributed by atoms with Gasteiger partial charge in [0.1, 0.15) is 11.9 Å². The van der Waals surface area contributed by atoms with Gasteiger partial charge in [-0.3, -0.25) is 14.5 Å². The Balaban J connectivity index is 1.71. The molecule has 1 heterocycles. The Hall–Kier alpha value is -0.940. The van der Waals surface area contributed by atoms with Gasteiger partial charge in [-0.25, -0.2) is 0 Å². The van der Waals surface area contributed by atoms with E-state index in [0.29, 0.717) is 18.2 Å². The van der Waals surface area contributed by atoms with Crippen molar-refractivity contribution in [2.24, 2.45) is 11.8 Å². The first-order valence-corrected chi connectivity index (χ1v) is 7.68. The average molecular weight is 281 g/mol. The Morgan fingerprint density at radius 2 is 2.00 bits per heavy atom. The van der Waals surface area contributed by atoms with Gasteiger partial charge in [0.2, 0.25) is 0 Å². The van der Waals surface area contributed by atoms with Crippen LogP contribution in [0.25, 0.3) is 0 Å². The summed E-state index contributed by atoms with van der Waals surface area (Å²) in [7, 11) is 0. The summed E-state index contributed by atoms with van der Waals surface area (Å²) < 4.78 is 10.8. The van der Waals surface area contributed by atoms with Crippen LogP contribution in [0.5, 0.6) is 0 Å². The van der Waals surface area contributed by atoms with Gasteiger partial charge in [0.15, 0.2) is 0 Å². The second-order valence-electron chi connectivity index (χ2n) is 6.20. The zero-order valence-electron chi connectivity index (χ0n) is 12.0. The van der Waals surface area contributed by atoms with Gasteiger partial charge < -0.3 is 9.47 Å². The van der Waals surface area contributed by atoms with Gasteiger partial charge in [-0.15, -0.1) is 0 Å². The minimum Gasteiger partial charge on any atom is -0.463 e. The van der Waals surface area contributed by atoms with Gasteiger partial charge in [-0.1, -0.05) is 0 Å². The summed E-state index contributed by atoms with van der Waals surface area (Å²) in [6.07, 6.45) is 3.40. The van der Waals surface area contributed by atoms with Crippen LogP contribution in [0.2, 0.25) is 0 Å². The Kier molecular flexibility index (Phi) is 4.08. The Morgan fingerprint density at radius 1 is 1.25 bits per heavy atom. The summed E-state index contributed by atoms with van der Waals surface area (Å²) >= 11 is 0. The number of ketones is 1. The number of esters is 1. The van der Waals surface area contributed by atoms with Crippen molar-refractivity contribution in [3.8, 4) is 0 Å². The maximum absolute atomic E-state index is 12.5. The first kappa shape index (κ1) is 14.0. The molecule has 0 aromatic heterocycles. The number of Topliss-reactive ketones (excluding diaryl/α,β-unsaturated/α-hetero) is 1. The normalized spacial score (nSPS) is 38.5. The lowest BCUT2D eigenvalue weighted by molar-refractivity contribution is -0.157. The van der Waals surface area contributed by atoms with Crippen molar-refractivity contribution < 1.29 is 19.1 Å². The maximum atomic E-state index is 12.5. The molecule has 0 amide bonds. The topological polar surface area (TPSA) is 55.8 Å². The van der Waals surface area contributed by atoms with E-state index < -0.39 is 0 Å². The summed E-state index contributed by atoms with van der Waals surface area (Å²) in [5.41, 5.74) is 0. The van der Waals surface area contributed by atoms with Crippen molar-refractivity contribution in [3.63, 3.8) is 0 Å². The number of hydrogen-bond donors (Lipinski definition) is 0. The first-order valence-electron chi connectivity index (χ1n) is 7.68. The summed E-state index contributed by atoms with van der Waals surface area (Å²) in [6.45, 7) is 4.79. The molecule has 1 saturated heterocycles. The minimum atomic E-state index is -0.231. The van der Waals surface area contributed by atoms with Crippen LogP contribution in [0.3, 0.4) is 0 Å². The van der Waals surface area contributed by atoms with E-state index in [2.05, 4.69) is 4.90 Å². The van der Waals surface area contributed by atoms with Crippen molar-refractivity contribution in [1.29, 1.82) is 0 Å². The summed E-state index contributed by atoms with van der Waals surface area (Å²) in [5, 5.41) is 0. The molecule has 5 nitrogen and oxygen atoms in total. The number of hydrogen-bond acceptors (Lipinski definition) is 5. The molecule has 1 aliphatic heterocycles. The lowest BCUT2D eigenvalue weighted by Crippen LogP contribution is -2.55. The van der Waals surface area contributed by atoms with E-state index in [1.54, 1.807) is 0 Å². The van der Waals surface area contributed by atoms with Crippen molar-refractivity contribution >= 4 is 11.8 Å². The number of ether oxygens (including phenoxy) is 2. The van der Waals surface area contributed by atoms with Gasteiger partial charge in [0.05, 0.1) is 13.2 Å². The number of fused-ring (bicyclic) bond motifs is 2. The molecule has 0 aromatic rings. The molecule has 3 rings (SSSR count). The van der Waals surface area contributed by atoms with Crippen LogP contribution in [0.15, 0.2) is 0 Å². The summed E-state index contributed by atoms with van der Waals surface area (Å²) in [6, 6.07) is 0.320. The van der Waals surface area contributed by atoms with Crippen LogP contribution in [-0.4, -0.2) is 55.1 Å². The standard InChI is InChI=1S/C15H23NO4/c1-10(17)20-12-8-11-2-3-14(13(9-12)15(11)18)16-4-6-19-7-5-16/h11-14H,2-9H2,1H3. The number of carbonyl (C=O) groups excluding carboxylic acids is 2. The fourth-order valence-corrected chi connectivity index (χ4v) is 4.09. The Labute approximate surface area is 119 Å². The number of morpholine rings is 1. The van der Waals surface area contributed by atoms with Crippen LogP contribution in [0.4, 0.5) is 0 Å². The molecule has 4 unspecified atom stereocenters. The third-order valence-electron chi connectivity index (χ3n) is 4.95. The molecule has 20 heavy (non-hydrogen) atoms. The number of rotatable bonds is 2. The smallest absolute Gasteiger partial charge is 0.302 e. The molecule has 3 fully saturated rings. The van der Waals surface area contributed by atoms with E-state index in [1.807, 2.05) is 0 Å². The van der Waals surface area contributed by atoms with Crippen LogP contribution in [-0.2, 0) is 19.1 Å². The SMILES string of the molecule is CC(=O)OC1CC2CCC(N3CCOCC3)C(C1)C2=O. The largest absolute Gasteiger partial charge is 0.463 e. The molecule has 0 spiro atoms. The molecule has 0 radical (unpaired) electrons. The second-order valence-corrected chi connectivity index (χ2v) is 6.20. The third kappa shape index (κ3) is 2.74. The molecule has 2 aliphatic carbocycles. The molecule has 0 N–H and O–H groups in total. The number of carbonyl (C=O) groups is 2. The average Bonchev–Trinajstić information content (AvgIpc) is 2.41. The molecule has 2 bridgehead atoms. The zero-order valence-corrected chi connectivity index (χ0v) is 12.0. The number of nitrogens with zero attached hydrogens (tertiary/aromatic N) is 1. The molecule has 2 saturated carbocycles. The van der Waals surface area contributed by atoms with Crippen molar-refractivity contribution in [3.05, 3.63) is 0 Å². The highest BCUT2D eigenvalue weighted by Crippen LogP contribution is 2.40. The molecular formula is C15H23NO4. The van der Waals surface area contributed by atoms with Gasteiger partial charge >= 0.3 is 5.97 Å². The van der Waals surface area contributed by atoms with E-state index in [0.717, 1.165) is 45.6 Å². The van der Waals surface area contributed by atoms with Gasteiger partial charge in [-0.05, 0) is 25.7 Å². The first-order chi connectivity index (χ1) is 9.65. The van der Waals surface area contributed by atoms with E-state index in [9.17, 15) is 9.59 Å². The maximum Gasteiger partial charge on any atom is 0.302 e. The second kappa shape index (κ2) is 5.82. The Bertz CT molecular complexity index is 391. The van der Waals surface area contributed by atoms with Gasteiger partial charge in [-0.2, -0.15) is 0 Å². The summed E-state index contributed by atoms with van der Waals surface area (Å²) in [5.74, 6) is 0.321. The quantitative estimate of drug-likeness (QED) is 0.707. The van der Waals surface area contributed by atoms with Crippen LogP contribution in [0.1, 0.15) is 32.6 Å². The van der Waals surface area contributed by atoms with Crippen molar-refractivity contribution in [2.45, 2.75) is 44.8 Å². The predicted molar refractivity (Wildman–Crippen MR) is 72.2 cm³/mol. The molecule has 112 valence electrons. The fourth-order valence-electron chi connectivity index (χ4n) is 4.09. The van der Waals surface area contributed by atoms with E-state index in [1.165, 1.54) is 6.92 Å². The molecule has 4 atom stereocenters. The zero-order chi connectivity index (χ0) is 14.1. The molecule has 5 heteroatoms. The van der Waals surface area contributed by atoms with Gasteiger partial charge in [0.25, 0.3) is 0 Å². The van der Waals surface area contributed by atoms with Crippen LogP contribution >= 0.6 is 0 Å².